The number of amides is 2. The molecular formula is C23H31FN4O7. The van der Waals surface area contributed by atoms with Crippen molar-refractivity contribution in [2.75, 3.05) is 10.6 Å². The number of ether oxygens (including phenoxy) is 3. The van der Waals surface area contributed by atoms with E-state index < -0.39 is 51.4 Å². The number of aromatic nitrogens is 1. The zero-order valence-electron chi connectivity index (χ0n) is 21.0. The molecular weight excluding hydrogens is 463 g/mol. The van der Waals surface area contributed by atoms with Crippen LogP contribution in [0.2, 0.25) is 0 Å². The number of benzene rings is 1. The molecule has 2 N–H and O–H groups in total. The number of nitro groups is 1. The molecule has 1 aromatic heterocycles. The summed E-state index contributed by atoms with van der Waals surface area (Å²) in [6.07, 6.45) is -1.47. The molecule has 0 saturated heterocycles. The average molecular weight is 495 g/mol. The van der Waals surface area contributed by atoms with Crippen molar-refractivity contribution in [3.05, 3.63) is 46.4 Å². The molecule has 1 heterocycles. The van der Waals surface area contributed by atoms with Gasteiger partial charge in [-0.05, 0) is 53.7 Å². The average Bonchev–Trinajstić information content (AvgIpc) is 2.69. The summed E-state index contributed by atoms with van der Waals surface area (Å²) in [4.78, 5) is 40.8. The van der Waals surface area contributed by atoms with Crippen LogP contribution in [-0.2, 0) is 9.47 Å². The first kappa shape index (κ1) is 29.1. The summed E-state index contributed by atoms with van der Waals surface area (Å²) >= 11 is 0. The van der Waals surface area contributed by atoms with Gasteiger partial charge in [-0.2, -0.15) is 4.90 Å². The van der Waals surface area contributed by atoms with Crippen LogP contribution in [-0.4, -0.2) is 33.3 Å². The Balaban J connectivity index is 0.00000298. The molecule has 2 amide bonds. The molecule has 0 saturated carbocycles. The zero-order chi connectivity index (χ0) is 27.1. The van der Waals surface area contributed by atoms with Crippen LogP contribution in [0, 0.1) is 15.9 Å². The number of imide groups is 1. The maximum Gasteiger partial charge on any atom is 0.426 e. The standard InChI is InChI=1S/C21H25FN4O7.C2H6/c1-20(2,3)32-18(27)25(19(28)33-21(4,5)6)17-16(26(29)30)15(9-10-24-17)31-14-8-7-12(23)11-13(14)22;1-2/h7-11H,23H2,1-6H3;1-2H3. The Hall–Kier alpha value is -3.96. The minimum atomic E-state index is -1.26. The fourth-order valence-corrected chi connectivity index (χ4v) is 2.42. The topological polar surface area (TPSA) is 147 Å². The number of carbonyl (C=O) groups excluding carboxylic acids is 2. The Morgan fingerprint density at radius 2 is 1.51 bits per heavy atom. The predicted molar refractivity (Wildman–Crippen MR) is 128 cm³/mol. The first-order chi connectivity index (χ1) is 16.1. The molecule has 0 spiro atoms. The summed E-state index contributed by atoms with van der Waals surface area (Å²) in [5, 5.41) is 11.9. The fraction of sp³-hybridized carbons (Fsp3) is 0.435. The third-order valence-electron chi connectivity index (χ3n) is 3.59. The van der Waals surface area contributed by atoms with E-state index in [-0.39, 0.29) is 11.4 Å². The summed E-state index contributed by atoms with van der Waals surface area (Å²) in [6.45, 7) is 13.3. The Labute approximate surface area is 203 Å². The van der Waals surface area contributed by atoms with E-state index in [4.69, 9.17) is 19.9 Å². The number of hydrogen-bond acceptors (Lipinski definition) is 9. The summed E-state index contributed by atoms with van der Waals surface area (Å²) in [6, 6.07) is 4.56. The molecule has 1 aromatic carbocycles. The lowest BCUT2D eigenvalue weighted by molar-refractivity contribution is -0.385. The summed E-state index contributed by atoms with van der Waals surface area (Å²) in [5.41, 5.74) is 2.64. The summed E-state index contributed by atoms with van der Waals surface area (Å²) < 4.78 is 30.0. The minimum Gasteiger partial charge on any atom is -0.447 e. The second kappa shape index (κ2) is 11.4. The van der Waals surface area contributed by atoms with E-state index in [0.29, 0.717) is 4.90 Å². The van der Waals surface area contributed by atoms with Gasteiger partial charge in [0.05, 0.1) is 4.92 Å². The quantitative estimate of drug-likeness (QED) is 0.298. The molecule has 12 heteroatoms. The first-order valence-corrected chi connectivity index (χ1v) is 10.7. The van der Waals surface area contributed by atoms with Gasteiger partial charge < -0.3 is 19.9 Å². The zero-order valence-corrected chi connectivity index (χ0v) is 21.0. The molecule has 0 unspecified atom stereocenters. The van der Waals surface area contributed by atoms with Gasteiger partial charge in [-0.15, -0.1) is 0 Å². The maximum atomic E-state index is 14.2. The van der Waals surface area contributed by atoms with E-state index >= 15 is 0 Å². The van der Waals surface area contributed by atoms with E-state index in [0.717, 1.165) is 18.3 Å². The van der Waals surface area contributed by atoms with Gasteiger partial charge in [0, 0.05) is 24.0 Å². The molecule has 0 aliphatic rings. The number of pyridine rings is 1. The van der Waals surface area contributed by atoms with Gasteiger partial charge in [0.2, 0.25) is 11.6 Å². The van der Waals surface area contributed by atoms with E-state index in [2.05, 4.69) is 4.98 Å². The van der Waals surface area contributed by atoms with Crippen molar-refractivity contribution in [3.8, 4) is 11.5 Å². The highest BCUT2D eigenvalue weighted by Gasteiger charge is 2.39. The number of nitrogens with two attached hydrogens (primary N) is 1. The van der Waals surface area contributed by atoms with Crippen LogP contribution in [0.3, 0.4) is 0 Å². The number of nitrogens with zero attached hydrogens (tertiary/aromatic N) is 3. The van der Waals surface area contributed by atoms with Gasteiger partial charge in [-0.1, -0.05) is 13.8 Å². The molecule has 0 radical (unpaired) electrons. The lowest BCUT2D eigenvalue weighted by atomic mass is 10.2. The predicted octanol–water partition coefficient (Wildman–Crippen LogP) is 6.21. The number of rotatable bonds is 4. The highest BCUT2D eigenvalue weighted by Crippen LogP contribution is 2.39. The number of hydrogen-bond donors (Lipinski definition) is 1. The van der Waals surface area contributed by atoms with Gasteiger partial charge in [-0.25, -0.2) is 19.0 Å². The van der Waals surface area contributed by atoms with Crippen LogP contribution in [0.25, 0.3) is 0 Å². The van der Waals surface area contributed by atoms with Crippen LogP contribution < -0.4 is 15.4 Å². The highest BCUT2D eigenvalue weighted by atomic mass is 19.1. The lowest BCUT2D eigenvalue weighted by Crippen LogP contribution is -2.44. The fourth-order valence-electron chi connectivity index (χ4n) is 2.42. The smallest absolute Gasteiger partial charge is 0.426 e. The molecule has 0 aliphatic heterocycles. The van der Waals surface area contributed by atoms with E-state index in [1.807, 2.05) is 13.8 Å². The van der Waals surface area contributed by atoms with Gasteiger partial charge in [0.25, 0.3) is 0 Å². The molecule has 0 bridgehead atoms. The van der Waals surface area contributed by atoms with E-state index in [1.54, 1.807) is 41.5 Å². The number of carbonyl (C=O) groups is 2. The first-order valence-electron chi connectivity index (χ1n) is 10.7. The molecule has 11 nitrogen and oxygen atoms in total. The molecule has 192 valence electrons. The number of nitrogen functional groups attached to an aromatic ring is 1. The maximum absolute atomic E-state index is 14.2. The van der Waals surface area contributed by atoms with Crippen LogP contribution in [0.4, 0.5) is 31.2 Å². The van der Waals surface area contributed by atoms with Crippen LogP contribution >= 0.6 is 0 Å². The van der Waals surface area contributed by atoms with Crippen molar-refractivity contribution < 1.29 is 33.1 Å². The van der Waals surface area contributed by atoms with Crippen molar-refractivity contribution in [2.24, 2.45) is 0 Å². The van der Waals surface area contributed by atoms with Crippen LogP contribution in [0.1, 0.15) is 55.4 Å². The molecule has 0 fully saturated rings. The highest BCUT2D eigenvalue weighted by molar-refractivity contribution is 6.10. The molecule has 2 rings (SSSR count). The van der Waals surface area contributed by atoms with Gasteiger partial charge in [0.1, 0.15) is 11.2 Å². The van der Waals surface area contributed by atoms with Crippen molar-refractivity contribution in [1.29, 1.82) is 0 Å². The Morgan fingerprint density at radius 3 is 1.94 bits per heavy atom. The normalized spacial score (nSPS) is 11.0. The Morgan fingerprint density at radius 1 is 1.00 bits per heavy atom. The monoisotopic (exact) mass is 494 g/mol. The largest absolute Gasteiger partial charge is 0.447 e. The van der Waals surface area contributed by atoms with Crippen LogP contribution in [0.5, 0.6) is 11.5 Å². The number of halogens is 1. The van der Waals surface area contributed by atoms with Crippen molar-refractivity contribution in [3.63, 3.8) is 0 Å². The molecule has 35 heavy (non-hydrogen) atoms. The second-order valence-electron chi connectivity index (χ2n) is 8.83. The van der Waals surface area contributed by atoms with Gasteiger partial charge in [0.15, 0.2) is 11.6 Å². The van der Waals surface area contributed by atoms with Crippen molar-refractivity contribution in [2.45, 2.75) is 66.6 Å². The van der Waals surface area contributed by atoms with Crippen LogP contribution in [0.15, 0.2) is 30.5 Å². The Kier molecular flexibility index (Phi) is 9.51. The Bertz CT molecular complexity index is 1050. The summed E-state index contributed by atoms with van der Waals surface area (Å²) in [5.74, 6) is -2.45. The lowest BCUT2D eigenvalue weighted by Gasteiger charge is -2.27. The second-order valence-corrected chi connectivity index (χ2v) is 8.83. The summed E-state index contributed by atoms with van der Waals surface area (Å²) in [7, 11) is 0. The van der Waals surface area contributed by atoms with Crippen molar-refractivity contribution in [1.82, 2.24) is 4.98 Å². The van der Waals surface area contributed by atoms with Crippen molar-refractivity contribution >= 4 is 29.4 Å². The third-order valence-corrected chi connectivity index (χ3v) is 3.59. The third kappa shape index (κ3) is 8.40. The van der Waals surface area contributed by atoms with Gasteiger partial charge >= 0.3 is 17.9 Å². The van der Waals surface area contributed by atoms with E-state index in [1.165, 1.54) is 12.1 Å². The van der Waals surface area contributed by atoms with E-state index in [9.17, 15) is 24.1 Å². The molecule has 0 atom stereocenters. The SMILES string of the molecule is CC.CC(C)(C)OC(=O)N(C(=O)OC(C)(C)C)c1nccc(Oc2ccc(N)cc2F)c1[N+](=O)[O-]. The number of anilines is 2. The minimum absolute atomic E-state index is 0.116. The molecule has 2 aromatic rings. The van der Waals surface area contributed by atoms with Gasteiger partial charge in [-0.3, -0.25) is 10.1 Å². The molecule has 0 aliphatic carbocycles.